The first kappa shape index (κ1) is 13.5. The Bertz CT molecular complexity index is 382. The summed E-state index contributed by atoms with van der Waals surface area (Å²) in [6.07, 6.45) is 4.26. The second-order valence-electron chi connectivity index (χ2n) is 3.33. The van der Waals surface area contributed by atoms with Crippen LogP contribution in [0.2, 0.25) is 0 Å². The van der Waals surface area contributed by atoms with Gasteiger partial charge in [0.1, 0.15) is 19.0 Å². The number of aliphatic hydroxyl groups excluding tert-OH is 1. The van der Waals surface area contributed by atoms with Gasteiger partial charge in [-0.2, -0.15) is 0 Å². The lowest BCUT2D eigenvalue weighted by Crippen LogP contribution is -2.07. The molecule has 1 aromatic heterocycles. The van der Waals surface area contributed by atoms with E-state index in [1.54, 1.807) is 18.5 Å². The van der Waals surface area contributed by atoms with E-state index in [1.807, 2.05) is 0 Å². The predicted octanol–water partition coefficient (Wildman–Crippen LogP) is 1.23. The Morgan fingerprint density at radius 3 is 2.94 bits per heavy atom. The molecule has 0 saturated heterocycles. The van der Waals surface area contributed by atoms with Crippen LogP contribution in [0.5, 0.6) is 5.75 Å². The van der Waals surface area contributed by atoms with Gasteiger partial charge in [-0.05, 0) is 12.5 Å². The molecule has 0 radical (unpaired) electrons. The van der Waals surface area contributed by atoms with Gasteiger partial charge >= 0.3 is 0 Å². The topological polar surface area (TPSA) is 51.6 Å². The monoisotopic (exact) mass is 235 g/mol. The summed E-state index contributed by atoms with van der Waals surface area (Å²) in [6.45, 7) is 3.73. The molecule has 0 amide bonds. The fraction of sp³-hybridized carbons (Fsp3) is 0.462. The zero-order chi connectivity index (χ0) is 12.3. The van der Waals surface area contributed by atoms with Crippen molar-refractivity contribution in [2.75, 3.05) is 26.4 Å². The van der Waals surface area contributed by atoms with Crippen molar-refractivity contribution in [3.63, 3.8) is 0 Å². The first-order valence-corrected chi connectivity index (χ1v) is 5.62. The molecule has 0 saturated carbocycles. The maximum atomic E-state index is 8.58. The van der Waals surface area contributed by atoms with Crippen molar-refractivity contribution in [1.29, 1.82) is 0 Å². The molecule has 0 unspecified atom stereocenters. The number of aromatic nitrogens is 1. The van der Waals surface area contributed by atoms with Crippen LogP contribution in [0, 0.1) is 11.8 Å². The van der Waals surface area contributed by atoms with Crippen LogP contribution in [0.3, 0.4) is 0 Å². The van der Waals surface area contributed by atoms with E-state index >= 15 is 0 Å². The molecule has 0 aliphatic rings. The van der Waals surface area contributed by atoms with E-state index in [4.69, 9.17) is 14.6 Å². The van der Waals surface area contributed by atoms with Gasteiger partial charge < -0.3 is 14.6 Å². The molecular weight excluding hydrogens is 218 g/mol. The number of aliphatic hydroxyl groups is 1. The number of hydrogen-bond acceptors (Lipinski definition) is 4. The lowest BCUT2D eigenvalue weighted by molar-refractivity contribution is 0.100. The van der Waals surface area contributed by atoms with Gasteiger partial charge in [0.2, 0.25) is 0 Å². The van der Waals surface area contributed by atoms with Gasteiger partial charge in [0.25, 0.3) is 0 Å². The molecule has 4 nitrogen and oxygen atoms in total. The Balaban J connectivity index is 2.38. The van der Waals surface area contributed by atoms with Crippen molar-refractivity contribution < 1.29 is 14.6 Å². The SMILES string of the molecule is CCCOCCOc1cncc(C#CCO)c1. The Morgan fingerprint density at radius 2 is 2.18 bits per heavy atom. The van der Waals surface area contributed by atoms with E-state index in [1.165, 1.54) is 0 Å². The van der Waals surface area contributed by atoms with Gasteiger partial charge in [-0.25, -0.2) is 0 Å². The number of pyridine rings is 1. The van der Waals surface area contributed by atoms with Crippen molar-refractivity contribution in [3.8, 4) is 17.6 Å². The molecule has 4 heteroatoms. The highest BCUT2D eigenvalue weighted by atomic mass is 16.5. The molecular formula is C13H17NO3. The van der Waals surface area contributed by atoms with Gasteiger partial charge in [-0.3, -0.25) is 4.98 Å². The van der Waals surface area contributed by atoms with Gasteiger partial charge in [0, 0.05) is 18.4 Å². The summed E-state index contributed by atoms with van der Waals surface area (Å²) >= 11 is 0. The van der Waals surface area contributed by atoms with E-state index in [-0.39, 0.29) is 6.61 Å². The summed E-state index contributed by atoms with van der Waals surface area (Å²) in [5, 5.41) is 8.58. The zero-order valence-corrected chi connectivity index (χ0v) is 9.98. The van der Waals surface area contributed by atoms with Gasteiger partial charge in [0.15, 0.2) is 0 Å². The first-order valence-electron chi connectivity index (χ1n) is 5.62. The summed E-state index contributed by atoms with van der Waals surface area (Å²) in [5.74, 6) is 5.99. The third-order valence-corrected chi connectivity index (χ3v) is 1.87. The van der Waals surface area contributed by atoms with Crippen LogP contribution in [0.4, 0.5) is 0 Å². The second kappa shape index (κ2) is 8.57. The Hall–Kier alpha value is -1.57. The molecule has 0 atom stereocenters. The van der Waals surface area contributed by atoms with Crippen LogP contribution in [-0.4, -0.2) is 36.5 Å². The van der Waals surface area contributed by atoms with Crippen LogP contribution < -0.4 is 4.74 Å². The average molecular weight is 235 g/mol. The minimum Gasteiger partial charge on any atom is -0.490 e. The molecule has 1 aromatic rings. The molecule has 92 valence electrons. The third kappa shape index (κ3) is 5.91. The molecule has 0 aromatic carbocycles. The van der Waals surface area contributed by atoms with Crippen LogP contribution in [0.15, 0.2) is 18.5 Å². The molecule has 0 bridgehead atoms. The quantitative estimate of drug-likeness (QED) is 0.595. The number of nitrogens with zero attached hydrogens (tertiary/aromatic N) is 1. The maximum absolute atomic E-state index is 8.58. The lowest BCUT2D eigenvalue weighted by Gasteiger charge is -2.06. The average Bonchev–Trinajstić information content (AvgIpc) is 2.37. The van der Waals surface area contributed by atoms with Crippen LogP contribution in [-0.2, 0) is 4.74 Å². The predicted molar refractivity (Wildman–Crippen MR) is 64.8 cm³/mol. The molecule has 17 heavy (non-hydrogen) atoms. The van der Waals surface area contributed by atoms with Gasteiger partial charge in [-0.1, -0.05) is 18.8 Å². The number of hydrogen-bond donors (Lipinski definition) is 1. The second-order valence-corrected chi connectivity index (χ2v) is 3.33. The minimum atomic E-state index is -0.157. The van der Waals surface area contributed by atoms with Crippen LogP contribution >= 0.6 is 0 Å². The zero-order valence-electron chi connectivity index (χ0n) is 9.98. The first-order chi connectivity index (χ1) is 8.36. The summed E-state index contributed by atoms with van der Waals surface area (Å²) in [6, 6.07) is 1.79. The van der Waals surface area contributed by atoms with Crippen molar-refractivity contribution in [1.82, 2.24) is 4.98 Å². The normalized spacial score (nSPS) is 9.53. The number of rotatable bonds is 6. The highest BCUT2D eigenvalue weighted by molar-refractivity contribution is 5.36. The summed E-state index contributed by atoms with van der Waals surface area (Å²) < 4.78 is 10.7. The van der Waals surface area contributed by atoms with Gasteiger partial charge in [0.05, 0.1) is 12.8 Å². The Kier molecular flexibility index (Phi) is 6.80. The smallest absolute Gasteiger partial charge is 0.138 e. The van der Waals surface area contributed by atoms with E-state index in [9.17, 15) is 0 Å². The van der Waals surface area contributed by atoms with E-state index < -0.39 is 0 Å². The van der Waals surface area contributed by atoms with E-state index in [0.717, 1.165) is 18.6 Å². The Labute approximate surface area is 102 Å². The largest absolute Gasteiger partial charge is 0.490 e. The van der Waals surface area contributed by atoms with Crippen LogP contribution in [0.1, 0.15) is 18.9 Å². The third-order valence-electron chi connectivity index (χ3n) is 1.87. The highest BCUT2D eigenvalue weighted by Crippen LogP contribution is 2.10. The molecule has 1 rings (SSSR count). The van der Waals surface area contributed by atoms with Crippen molar-refractivity contribution in [3.05, 3.63) is 24.0 Å². The molecule has 0 fully saturated rings. The standard InChI is InChI=1S/C13H17NO3/c1-2-6-16-7-8-17-13-9-12(4-3-5-15)10-14-11-13/h9-11,15H,2,5-8H2,1H3. The maximum Gasteiger partial charge on any atom is 0.138 e. The van der Waals surface area contributed by atoms with E-state index in [0.29, 0.717) is 19.0 Å². The van der Waals surface area contributed by atoms with Gasteiger partial charge in [-0.15, -0.1) is 0 Å². The minimum absolute atomic E-state index is 0.157. The fourth-order valence-electron chi connectivity index (χ4n) is 1.17. The van der Waals surface area contributed by atoms with Crippen molar-refractivity contribution in [2.24, 2.45) is 0 Å². The molecule has 1 N–H and O–H groups in total. The summed E-state index contributed by atoms with van der Waals surface area (Å²) in [7, 11) is 0. The lowest BCUT2D eigenvalue weighted by atomic mass is 10.3. The molecule has 0 aliphatic heterocycles. The Morgan fingerprint density at radius 1 is 1.29 bits per heavy atom. The number of ether oxygens (including phenoxy) is 2. The fourth-order valence-corrected chi connectivity index (χ4v) is 1.17. The molecule has 1 heterocycles. The molecule has 0 aliphatic carbocycles. The van der Waals surface area contributed by atoms with Crippen LogP contribution in [0.25, 0.3) is 0 Å². The highest BCUT2D eigenvalue weighted by Gasteiger charge is 1.95. The van der Waals surface area contributed by atoms with E-state index in [2.05, 4.69) is 23.7 Å². The summed E-state index contributed by atoms with van der Waals surface area (Å²) in [4.78, 5) is 4.00. The van der Waals surface area contributed by atoms with Crippen molar-refractivity contribution >= 4 is 0 Å². The van der Waals surface area contributed by atoms with Crippen molar-refractivity contribution in [2.45, 2.75) is 13.3 Å². The summed E-state index contributed by atoms with van der Waals surface area (Å²) in [5.41, 5.74) is 0.728. The molecule has 0 spiro atoms.